The highest BCUT2D eigenvalue weighted by Gasteiger charge is 2.24. The Kier molecular flexibility index (Phi) is 5.59. The standard InChI is InChI=1S/C11H20N6O3/c1-7(2)20-6-5-16(4)10-9(17(18)19)8(3)13-11(14-10)15-12/h7H,5-6,12H2,1-4H3,(H,13,14,15). The summed E-state index contributed by atoms with van der Waals surface area (Å²) in [6.07, 6.45) is 0.104. The number of hydrogen-bond acceptors (Lipinski definition) is 8. The summed E-state index contributed by atoms with van der Waals surface area (Å²) in [6, 6.07) is 0. The number of aryl methyl sites for hydroxylation is 1. The van der Waals surface area contributed by atoms with Gasteiger partial charge in [-0.1, -0.05) is 0 Å². The summed E-state index contributed by atoms with van der Waals surface area (Å²) < 4.78 is 5.43. The van der Waals surface area contributed by atoms with E-state index in [-0.39, 0.29) is 29.3 Å². The number of anilines is 2. The first kappa shape index (κ1) is 16.1. The molecule has 0 fully saturated rings. The number of nitrogens with zero attached hydrogens (tertiary/aromatic N) is 4. The number of nitrogens with one attached hydrogen (secondary N) is 1. The van der Waals surface area contributed by atoms with Crippen LogP contribution in [-0.4, -0.2) is 41.2 Å². The smallest absolute Gasteiger partial charge is 0.332 e. The predicted molar refractivity (Wildman–Crippen MR) is 75.6 cm³/mol. The maximum atomic E-state index is 11.1. The molecule has 1 aromatic rings. The molecule has 0 bridgehead atoms. The van der Waals surface area contributed by atoms with E-state index in [0.717, 1.165) is 0 Å². The van der Waals surface area contributed by atoms with Gasteiger partial charge < -0.3 is 9.64 Å². The molecule has 9 heteroatoms. The van der Waals surface area contributed by atoms with Gasteiger partial charge in [0.2, 0.25) is 11.8 Å². The van der Waals surface area contributed by atoms with Crippen molar-refractivity contribution in [1.29, 1.82) is 0 Å². The molecule has 1 rings (SSSR count). The van der Waals surface area contributed by atoms with Crippen LogP contribution >= 0.6 is 0 Å². The van der Waals surface area contributed by atoms with Gasteiger partial charge in [-0.2, -0.15) is 4.98 Å². The predicted octanol–water partition coefficient (Wildman–Crippen LogP) is 0.840. The summed E-state index contributed by atoms with van der Waals surface area (Å²) in [5, 5.41) is 11.1. The molecule has 20 heavy (non-hydrogen) atoms. The van der Waals surface area contributed by atoms with Gasteiger partial charge >= 0.3 is 5.69 Å². The fourth-order valence-electron chi connectivity index (χ4n) is 1.63. The van der Waals surface area contributed by atoms with Crippen LogP contribution < -0.4 is 16.2 Å². The quantitative estimate of drug-likeness (QED) is 0.429. The van der Waals surface area contributed by atoms with Crippen molar-refractivity contribution >= 4 is 17.5 Å². The molecule has 0 unspecified atom stereocenters. The number of likely N-dealkylation sites (N-methyl/N-ethyl adjacent to an activating group) is 1. The molecule has 0 spiro atoms. The zero-order valence-electron chi connectivity index (χ0n) is 12.1. The zero-order chi connectivity index (χ0) is 15.3. The second-order valence-corrected chi connectivity index (χ2v) is 4.55. The molecule has 0 atom stereocenters. The molecule has 1 heterocycles. The van der Waals surface area contributed by atoms with E-state index in [9.17, 15) is 10.1 Å². The third-order valence-corrected chi connectivity index (χ3v) is 2.59. The Morgan fingerprint density at radius 1 is 1.50 bits per heavy atom. The van der Waals surface area contributed by atoms with Crippen molar-refractivity contribution in [3.63, 3.8) is 0 Å². The average Bonchev–Trinajstić information content (AvgIpc) is 2.36. The number of nitrogens with two attached hydrogens (primary N) is 1. The largest absolute Gasteiger partial charge is 0.377 e. The topological polar surface area (TPSA) is 119 Å². The maximum absolute atomic E-state index is 11.1. The molecular weight excluding hydrogens is 264 g/mol. The molecule has 0 amide bonds. The molecule has 3 N–H and O–H groups in total. The minimum absolute atomic E-state index is 0.104. The van der Waals surface area contributed by atoms with Gasteiger partial charge in [0.15, 0.2) is 0 Å². The van der Waals surface area contributed by atoms with E-state index in [1.165, 1.54) is 0 Å². The van der Waals surface area contributed by atoms with Crippen LogP contribution in [0.4, 0.5) is 17.5 Å². The first-order valence-electron chi connectivity index (χ1n) is 6.19. The molecule has 0 aliphatic rings. The van der Waals surface area contributed by atoms with Crippen LogP contribution in [0.5, 0.6) is 0 Å². The number of rotatable bonds is 7. The van der Waals surface area contributed by atoms with E-state index >= 15 is 0 Å². The van der Waals surface area contributed by atoms with E-state index in [4.69, 9.17) is 10.6 Å². The van der Waals surface area contributed by atoms with Gasteiger partial charge in [-0.25, -0.2) is 10.8 Å². The Hall–Kier alpha value is -2.00. The molecule has 0 radical (unpaired) electrons. The van der Waals surface area contributed by atoms with Crippen LogP contribution in [0.15, 0.2) is 0 Å². The minimum Gasteiger partial charge on any atom is -0.377 e. The zero-order valence-corrected chi connectivity index (χ0v) is 12.1. The fourth-order valence-corrected chi connectivity index (χ4v) is 1.63. The van der Waals surface area contributed by atoms with Crippen molar-refractivity contribution in [2.24, 2.45) is 5.84 Å². The Morgan fingerprint density at radius 2 is 2.15 bits per heavy atom. The number of aromatic nitrogens is 2. The van der Waals surface area contributed by atoms with Gasteiger partial charge in [0.05, 0.1) is 17.6 Å². The summed E-state index contributed by atoms with van der Waals surface area (Å²) in [7, 11) is 1.71. The lowest BCUT2D eigenvalue weighted by Crippen LogP contribution is -2.26. The lowest BCUT2D eigenvalue weighted by molar-refractivity contribution is -0.385. The SMILES string of the molecule is Cc1nc(NN)nc(N(C)CCOC(C)C)c1[N+](=O)[O-]. The van der Waals surface area contributed by atoms with E-state index < -0.39 is 4.92 Å². The monoisotopic (exact) mass is 284 g/mol. The van der Waals surface area contributed by atoms with Crippen molar-refractivity contribution in [2.45, 2.75) is 26.9 Å². The molecule has 9 nitrogen and oxygen atoms in total. The van der Waals surface area contributed by atoms with Crippen molar-refractivity contribution in [3.8, 4) is 0 Å². The van der Waals surface area contributed by atoms with Crippen molar-refractivity contribution in [1.82, 2.24) is 9.97 Å². The Balaban J connectivity index is 3.01. The highest BCUT2D eigenvalue weighted by molar-refractivity contribution is 5.61. The Morgan fingerprint density at radius 3 is 2.65 bits per heavy atom. The second kappa shape index (κ2) is 6.96. The van der Waals surface area contributed by atoms with Gasteiger partial charge in [-0.05, 0) is 20.8 Å². The van der Waals surface area contributed by atoms with Crippen LogP contribution in [0.2, 0.25) is 0 Å². The van der Waals surface area contributed by atoms with Gasteiger partial charge in [0, 0.05) is 13.6 Å². The summed E-state index contributed by atoms with van der Waals surface area (Å²) in [5.74, 6) is 5.62. The van der Waals surface area contributed by atoms with Crippen molar-refractivity contribution in [2.75, 3.05) is 30.5 Å². The highest BCUT2D eigenvalue weighted by Crippen LogP contribution is 2.28. The first-order valence-corrected chi connectivity index (χ1v) is 6.19. The second-order valence-electron chi connectivity index (χ2n) is 4.55. The summed E-state index contributed by atoms with van der Waals surface area (Å²) >= 11 is 0. The first-order chi connectivity index (χ1) is 9.36. The Labute approximate surface area is 117 Å². The van der Waals surface area contributed by atoms with E-state index in [0.29, 0.717) is 13.2 Å². The molecule has 0 aliphatic heterocycles. The molecule has 0 saturated heterocycles. The molecular formula is C11H20N6O3. The van der Waals surface area contributed by atoms with Crippen LogP contribution in [-0.2, 0) is 4.74 Å². The average molecular weight is 284 g/mol. The van der Waals surface area contributed by atoms with Crippen molar-refractivity contribution < 1.29 is 9.66 Å². The summed E-state index contributed by atoms with van der Waals surface area (Å²) in [4.78, 5) is 20.3. The van der Waals surface area contributed by atoms with Gasteiger partial charge in [0.25, 0.3) is 0 Å². The molecule has 112 valence electrons. The van der Waals surface area contributed by atoms with Crippen LogP contribution in [0.25, 0.3) is 0 Å². The highest BCUT2D eigenvalue weighted by atomic mass is 16.6. The molecule has 0 aliphatic carbocycles. The Bertz CT molecular complexity index is 479. The number of hydrogen-bond donors (Lipinski definition) is 2. The summed E-state index contributed by atoms with van der Waals surface area (Å²) in [5.41, 5.74) is 2.43. The minimum atomic E-state index is -0.495. The van der Waals surface area contributed by atoms with Crippen molar-refractivity contribution in [3.05, 3.63) is 15.8 Å². The number of hydrazine groups is 1. The van der Waals surface area contributed by atoms with Crippen LogP contribution in [0.1, 0.15) is 19.5 Å². The molecule has 1 aromatic heterocycles. The number of nitrogen functional groups attached to an aromatic ring is 1. The summed E-state index contributed by atoms with van der Waals surface area (Å²) in [6.45, 7) is 6.31. The normalized spacial score (nSPS) is 10.7. The van der Waals surface area contributed by atoms with Crippen LogP contribution in [0, 0.1) is 17.0 Å². The van der Waals surface area contributed by atoms with Gasteiger partial charge in [-0.15, -0.1) is 0 Å². The van der Waals surface area contributed by atoms with E-state index in [1.54, 1.807) is 18.9 Å². The number of ether oxygens (including phenoxy) is 1. The van der Waals surface area contributed by atoms with Gasteiger partial charge in [-0.3, -0.25) is 15.5 Å². The maximum Gasteiger partial charge on any atom is 0.332 e. The van der Waals surface area contributed by atoms with E-state index in [1.807, 2.05) is 13.8 Å². The molecule has 0 aromatic carbocycles. The van der Waals surface area contributed by atoms with Crippen LogP contribution in [0.3, 0.4) is 0 Å². The number of nitro groups is 1. The lowest BCUT2D eigenvalue weighted by atomic mass is 10.3. The third kappa shape index (κ3) is 4.00. The third-order valence-electron chi connectivity index (χ3n) is 2.59. The lowest BCUT2D eigenvalue weighted by Gasteiger charge is -2.19. The van der Waals surface area contributed by atoms with E-state index in [2.05, 4.69) is 15.4 Å². The molecule has 0 saturated carbocycles. The van der Waals surface area contributed by atoms with Gasteiger partial charge in [0.1, 0.15) is 5.69 Å². The fraction of sp³-hybridized carbons (Fsp3) is 0.636.